The van der Waals surface area contributed by atoms with Crippen molar-refractivity contribution in [3.63, 3.8) is 0 Å². The van der Waals surface area contributed by atoms with E-state index in [1.54, 1.807) is 18.0 Å². The van der Waals surface area contributed by atoms with Gasteiger partial charge in [0.05, 0.1) is 25.0 Å². The van der Waals surface area contributed by atoms with E-state index >= 15 is 0 Å². The summed E-state index contributed by atoms with van der Waals surface area (Å²) in [6.45, 7) is 1.85. The Morgan fingerprint density at radius 1 is 1.40 bits per heavy atom. The minimum atomic E-state index is -0.390. The van der Waals surface area contributed by atoms with Crippen molar-refractivity contribution in [2.45, 2.75) is 13.0 Å². The van der Waals surface area contributed by atoms with Crippen LogP contribution in [-0.2, 0) is 0 Å². The molecular formula is C16H17ClN6O2. The van der Waals surface area contributed by atoms with Gasteiger partial charge in [-0.1, -0.05) is 11.6 Å². The number of rotatable bonds is 5. The van der Waals surface area contributed by atoms with Crippen molar-refractivity contribution in [3.05, 3.63) is 52.9 Å². The van der Waals surface area contributed by atoms with Gasteiger partial charge in [0.2, 0.25) is 0 Å². The standard InChI is InChI=1S/C16H17ClN6O2/c1-9(20-16(24)14-13(17)15(18)22-21-14)10-7-19-23(8-10)11-3-5-12(25-2)6-4-11/h3-9H,1-2H3,(H,20,24)(H3,18,21,22). The summed E-state index contributed by atoms with van der Waals surface area (Å²) in [6, 6.07) is 7.22. The van der Waals surface area contributed by atoms with Gasteiger partial charge in [0.1, 0.15) is 16.5 Å². The summed E-state index contributed by atoms with van der Waals surface area (Å²) in [7, 11) is 1.62. The minimum absolute atomic E-state index is 0.0896. The van der Waals surface area contributed by atoms with Crippen molar-refractivity contribution >= 4 is 23.3 Å². The Balaban J connectivity index is 1.72. The molecule has 2 heterocycles. The summed E-state index contributed by atoms with van der Waals surface area (Å²) >= 11 is 5.94. The molecule has 0 aliphatic heterocycles. The highest BCUT2D eigenvalue weighted by Gasteiger charge is 2.19. The number of amides is 1. The first-order valence-electron chi connectivity index (χ1n) is 7.48. The number of nitrogens with zero attached hydrogens (tertiary/aromatic N) is 3. The zero-order valence-corrected chi connectivity index (χ0v) is 14.4. The number of nitrogens with two attached hydrogens (primary N) is 1. The Labute approximate surface area is 148 Å². The van der Waals surface area contributed by atoms with E-state index in [0.717, 1.165) is 17.0 Å². The van der Waals surface area contributed by atoms with Gasteiger partial charge in [0.15, 0.2) is 5.82 Å². The van der Waals surface area contributed by atoms with Gasteiger partial charge in [-0.15, -0.1) is 0 Å². The van der Waals surface area contributed by atoms with Crippen LogP contribution < -0.4 is 15.8 Å². The number of ether oxygens (including phenoxy) is 1. The first kappa shape index (κ1) is 16.8. The number of aromatic amines is 1. The van der Waals surface area contributed by atoms with Gasteiger partial charge < -0.3 is 15.8 Å². The molecule has 0 fully saturated rings. The van der Waals surface area contributed by atoms with Gasteiger partial charge >= 0.3 is 0 Å². The second kappa shape index (κ2) is 6.86. The second-order valence-electron chi connectivity index (χ2n) is 5.41. The number of nitrogens with one attached hydrogen (secondary N) is 2. The topological polar surface area (TPSA) is 111 Å². The fourth-order valence-corrected chi connectivity index (χ4v) is 2.45. The number of hydrogen-bond acceptors (Lipinski definition) is 5. The number of benzene rings is 1. The van der Waals surface area contributed by atoms with Gasteiger partial charge in [-0.05, 0) is 31.2 Å². The van der Waals surface area contributed by atoms with E-state index in [4.69, 9.17) is 22.1 Å². The minimum Gasteiger partial charge on any atom is -0.497 e. The third-order valence-corrected chi connectivity index (χ3v) is 4.13. The summed E-state index contributed by atoms with van der Waals surface area (Å²) in [5.74, 6) is 0.471. The van der Waals surface area contributed by atoms with Gasteiger partial charge in [-0.25, -0.2) is 4.68 Å². The third kappa shape index (κ3) is 3.43. The van der Waals surface area contributed by atoms with Crippen molar-refractivity contribution in [2.75, 3.05) is 12.8 Å². The second-order valence-corrected chi connectivity index (χ2v) is 5.79. The molecule has 1 unspecified atom stereocenters. The first-order chi connectivity index (χ1) is 12.0. The molecule has 1 amide bonds. The zero-order valence-electron chi connectivity index (χ0n) is 13.7. The summed E-state index contributed by atoms with van der Waals surface area (Å²) < 4.78 is 6.86. The Kier molecular flexibility index (Phi) is 4.62. The van der Waals surface area contributed by atoms with Crippen LogP contribution in [0.4, 0.5) is 5.82 Å². The Morgan fingerprint density at radius 3 is 2.72 bits per heavy atom. The Morgan fingerprint density at radius 2 is 2.12 bits per heavy atom. The van der Waals surface area contributed by atoms with Gasteiger partial charge in [0.25, 0.3) is 5.91 Å². The van der Waals surface area contributed by atoms with E-state index in [-0.39, 0.29) is 28.5 Å². The molecular weight excluding hydrogens is 344 g/mol. The van der Waals surface area contributed by atoms with Crippen LogP contribution in [0.15, 0.2) is 36.7 Å². The lowest BCUT2D eigenvalue weighted by Crippen LogP contribution is -2.27. The van der Waals surface area contributed by atoms with Crippen LogP contribution in [0.1, 0.15) is 29.0 Å². The van der Waals surface area contributed by atoms with Crippen LogP contribution in [0.25, 0.3) is 5.69 Å². The number of H-pyrrole nitrogens is 1. The zero-order chi connectivity index (χ0) is 18.0. The van der Waals surface area contributed by atoms with Crippen LogP contribution >= 0.6 is 11.6 Å². The maximum atomic E-state index is 12.2. The Bertz CT molecular complexity index is 886. The molecule has 0 spiro atoms. The SMILES string of the molecule is COc1ccc(-n2cc(C(C)NC(=O)c3[nH]nc(N)c3Cl)cn2)cc1. The fraction of sp³-hybridized carbons (Fsp3) is 0.188. The molecule has 4 N–H and O–H groups in total. The summed E-state index contributed by atoms with van der Waals surface area (Å²) in [5, 5.41) is 13.5. The van der Waals surface area contributed by atoms with Gasteiger partial charge in [-0.3, -0.25) is 9.89 Å². The van der Waals surface area contributed by atoms with Crippen LogP contribution in [-0.4, -0.2) is 33.0 Å². The van der Waals surface area contributed by atoms with E-state index in [0.29, 0.717) is 0 Å². The highest BCUT2D eigenvalue weighted by molar-refractivity contribution is 6.35. The average Bonchev–Trinajstić information content (AvgIpc) is 3.23. The molecule has 0 saturated carbocycles. The van der Waals surface area contributed by atoms with Crippen molar-refractivity contribution in [2.24, 2.45) is 0 Å². The van der Waals surface area contributed by atoms with Gasteiger partial charge in [-0.2, -0.15) is 10.2 Å². The number of hydrogen-bond donors (Lipinski definition) is 3. The maximum Gasteiger partial charge on any atom is 0.271 e. The molecule has 8 nitrogen and oxygen atoms in total. The number of aromatic nitrogens is 4. The fourth-order valence-electron chi connectivity index (χ4n) is 2.28. The van der Waals surface area contributed by atoms with E-state index in [9.17, 15) is 4.79 Å². The molecule has 0 aliphatic carbocycles. The molecule has 1 atom stereocenters. The Hall–Kier alpha value is -3.00. The average molecular weight is 361 g/mol. The molecule has 0 radical (unpaired) electrons. The van der Waals surface area contributed by atoms with Crippen LogP contribution in [0.2, 0.25) is 5.02 Å². The van der Waals surface area contributed by atoms with Crippen molar-refractivity contribution in [1.82, 2.24) is 25.3 Å². The summed E-state index contributed by atoms with van der Waals surface area (Å²) in [6.07, 6.45) is 3.54. The smallest absolute Gasteiger partial charge is 0.271 e. The van der Waals surface area contributed by atoms with Crippen LogP contribution in [0.5, 0.6) is 5.75 Å². The molecule has 1 aromatic carbocycles. The number of halogens is 1. The molecule has 0 aliphatic rings. The van der Waals surface area contributed by atoms with E-state index in [1.165, 1.54) is 0 Å². The molecule has 3 rings (SSSR count). The molecule has 3 aromatic rings. The lowest BCUT2D eigenvalue weighted by Gasteiger charge is -2.11. The third-order valence-electron chi connectivity index (χ3n) is 3.75. The largest absolute Gasteiger partial charge is 0.497 e. The molecule has 0 saturated heterocycles. The lowest BCUT2D eigenvalue weighted by molar-refractivity contribution is 0.0935. The van der Waals surface area contributed by atoms with Crippen molar-refractivity contribution in [3.8, 4) is 11.4 Å². The van der Waals surface area contributed by atoms with Crippen LogP contribution in [0, 0.1) is 0 Å². The summed E-state index contributed by atoms with van der Waals surface area (Å²) in [4.78, 5) is 12.2. The lowest BCUT2D eigenvalue weighted by atomic mass is 10.2. The van der Waals surface area contributed by atoms with E-state index in [1.807, 2.05) is 37.4 Å². The monoisotopic (exact) mass is 360 g/mol. The number of carbonyl (C=O) groups is 1. The number of anilines is 1. The molecule has 25 heavy (non-hydrogen) atoms. The molecule has 9 heteroatoms. The molecule has 130 valence electrons. The highest BCUT2D eigenvalue weighted by atomic mass is 35.5. The van der Waals surface area contributed by atoms with Gasteiger partial charge in [0, 0.05) is 11.8 Å². The van der Waals surface area contributed by atoms with E-state index in [2.05, 4.69) is 20.6 Å². The first-order valence-corrected chi connectivity index (χ1v) is 7.86. The predicted molar refractivity (Wildman–Crippen MR) is 94.0 cm³/mol. The number of carbonyl (C=O) groups excluding carboxylic acids is 1. The molecule has 2 aromatic heterocycles. The normalized spacial score (nSPS) is 12.0. The molecule has 0 bridgehead atoms. The number of methoxy groups -OCH3 is 1. The van der Waals surface area contributed by atoms with Crippen molar-refractivity contribution < 1.29 is 9.53 Å². The predicted octanol–water partition coefficient (Wildman–Crippen LogP) is 2.33. The van der Waals surface area contributed by atoms with Crippen molar-refractivity contribution in [1.29, 1.82) is 0 Å². The number of nitrogen functional groups attached to an aromatic ring is 1. The maximum absolute atomic E-state index is 12.2. The highest BCUT2D eigenvalue weighted by Crippen LogP contribution is 2.21. The van der Waals surface area contributed by atoms with E-state index < -0.39 is 0 Å². The summed E-state index contributed by atoms with van der Waals surface area (Å²) in [5.41, 5.74) is 7.39. The quantitative estimate of drug-likeness (QED) is 0.646. The van der Waals surface area contributed by atoms with Crippen LogP contribution in [0.3, 0.4) is 0 Å².